The van der Waals surface area contributed by atoms with Crippen molar-refractivity contribution in [1.29, 1.82) is 0 Å². The average Bonchev–Trinajstić information content (AvgIpc) is 2.96. The molecule has 0 aromatic carbocycles. The zero-order valence-corrected chi connectivity index (χ0v) is 14.5. The summed E-state index contributed by atoms with van der Waals surface area (Å²) < 4.78 is 0. The third-order valence-electron chi connectivity index (χ3n) is 3.90. The molecule has 1 aliphatic rings. The second-order valence-corrected chi connectivity index (χ2v) is 5.36. The van der Waals surface area contributed by atoms with Crippen LogP contribution in [0.3, 0.4) is 0 Å². The van der Waals surface area contributed by atoms with Gasteiger partial charge in [0.05, 0.1) is 11.9 Å². The number of aromatic nitrogens is 1. The first-order valence-electron chi connectivity index (χ1n) is 7.38. The van der Waals surface area contributed by atoms with Crippen LogP contribution in [0.25, 0.3) is 0 Å². The van der Waals surface area contributed by atoms with E-state index in [1.54, 1.807) is 24.5 Å². The van der Waals surface area contributed by atoms with Gasteiger partial charge >= 0.3 is 0 Å². The van der Waals surface area contributed by atoms with Crippen LogP contribution >= 0.6 is 24.8 Å². The molecule has 1 fully saturated rings. The number of hydrogen-bond acceptors (Lipinski definition) is 4. The maximum atomic E-state index is 12.0. The summed E-state index contributed by atoms with van der Waals surface area (Å²) in [7, 11) is 0. The fourth-order valence-electron chi connectivity index (χ4n) is 2.75. The summed E-state index contributed by atoms with van der Waals surface area (Å²) in [4.78, 5) is 27.7. The number of nitrogens with zero attached hydrogens (tertiary/aromatic N) is 1. The molecule has 8 heteroatoms. The van der Waals surface area contributed by atoms with Crippen LogP contribution in [0.15, 0.2) is 24.5 Å². The first kappa shape index (κ1) is 21.6. The minimum absolute atomic E-state index is 0. The molecule has 1 aliphatic carbocycles. The number of nitrogens with one attached hydrogen (secondary N) is 2. The van der Waals surface area contributed by atoms with Crippen LogP contribution in [0.1, 0.15) is 25.7 Å². The maximum Gasteiger partial charge on any atom is 0.226 e. The first-order valence-corrected chi connectivity index (χ1v) is 7.38. The van der Waals surface area contributed by atoms with Gasteiger partial charge in [0.25, 0.3) is 0 Å². The van der Waals surface area contributed by atoms with Crippen molar-refractivity contribution in [3.63, 3.8) is 0 Å². The fraction of sp³-hybridized carbons (Fsp3) is 0.533. The lowest BCUT2D eigenvalue weighted by Crippen LogP contribution is -2.36. The number of hydrogen-bond donors (Lipinski definition) is 3. The Morgan fingerprint density at radius 3 is 2.74 bits per heavy atom. The smallest absolute Gasteiger partial charge is 0.226 e. The van der Waals surface area contributed by atoms with Crippen molar-refractivity contribution in [3.05, 3.63) is 24.5 Å². The molecule has 0 radical (unpaired) electrons. The van der Waals surface area contributed by atoms with Gasteiger partial charge in [-0.25, -0.2) is 0 Å². The van der Waals surface area contributed by atoms with Crippen LogP contribution in [-0.2, 0) is 9.59 Å². The van der Waals surface area contributed by atoms with E-state index >= 15 is 0 Å². The van der Waals surface area contributed by atoms with Gasteiger partial charge in [-0.3, -0.25) is 14.6 Å². The molecule has 2 rings (SSSR count). The number of nitrogens with two attached hydrogens (primary N) is 1. The molecule has 0 spiro atoms. The summed E-state index contributed by atoms with van der Waals surface area (Å²) in [6.07, 6.45) is 6.46. The molecule has 0 bridgehead atoms. The maximum absolute atomic E-state index is 12.0. The lowest BCUT2D eigenvalue weighted by Gasteiger charge is -2.17. The van der Waals surface area contributed by atoms with Crippen LogP contribution in [0.2, 0.25) is 0 Å². The van der Waals surface area contributed by atoms with E-state index in [9.17, 15) is 9.59 Å². The van der Waals surface area contributed by atoms with E-state index in [4.69, 9.17) is 5.73 Å². The Balaban J connectivity index is 0.00000242. The summed E-state index contributed by atoms with van der Waals surface area (Å²) in [5, 5.41) is 5.57. The van der Waals surface area contributed by atoms with E-state index in [-0.39, 0.29) is 54.9 Å². The van der Waals surface area contributed by atoms with Crippen molar-refractivity contribution in [2.75, 3.05) is 18.4 Å². The predicted octanol–water partition coefficient (Wildman–Crippen LogP) is 1.74. The summed E-state index contributed by atoms with van der Waals surface area (Å²) in [5.41, 5.74) is 6.33. The van der Waals surface area contributed by atoms with Crippen LogP contribution in [0.5, 0.6) is 0 Å². The third kappa shape index (κ3) is 6.72. The van der Waals surface area contributed by atoms with Crippen LogP contribution in [0.4, 0.5) is 5.69 Å². The molecule has 0 saturated heterocycles. The SMILES string of the molecule is Cl.Cl.NC[C@H]1CCC[C@H]1C(=O)NCCC(=O)Nc1cccnc1. The van der Waals surface area contributed by atoms with Crippen molar-refractivity contribution < 1.29 is 9.59 Å². The van der Waals surface area contributed by atoms with E-state index in [2.05, 4.69) is 15.6 Å². The van der Waals surface area contributed by atoms with E-state index < -0.39 is 0 Å². The van der Waals surface area contributed by atoms with E-state index in [0.29, 0.717) is 18.8 Å². The molecular formula is C15H24Cl2N4O2. The Morgan fingerprint density at radius 2 is 2.09 bits per heavy atom. The molecule has 0 unspecified atom stereocenters. The van der Waals surface area contributed by atoms with E-state index in [1.165, 1.54) is 0 Å². The Hall–Kier alpha value is -1.37. The number of carbonyl (C=O) groups excluding carboxylic acids is 2. The van der Waals surface area contributed by atoms with Crippen molar-refractivity contribution in [2.24, 2.45) is 17.6 Å². The van der Waals surface area contributed by atoms with Gasteiger partial charge in [-0.05, 0) is 37.4 Å². The Morgan fingerprint density at radius 1 is 1.30 bits per heavy atom. The second-order valence-electron chi connectivity index (χ2n) is 5.36. The highest BCUT2D eigenvalue weighted by Crippen LogP contribution is 2.30. The predicted molar refractivity (Wildman–Crippen MR) is 94.9 cm³/mol. The van der Waals surface area contributed by atoms with Gasteiger partial charge in [-0.15, -0.1) is 24.8 Å². The number of amides is 2. The second kappa shape index (κ2) is 11.2. The van der Waals surface area contributed by atoms with Gasteiger partial charge in [0.15, 0.2) is 0 Å². The van der Waals surface area contributed by atoms with E-state index in [1.807, 2.05) is 0 Å². The number of rotatable bonds is 6. The zero-order chi connectivity index (χ0) is 15.1. The van der Waals surface area contributed by atoms with Gasteiger partial charge in [-0.1, -0.05) is 6.42 Å². The summed E-state index contributed by atoms with van der Waals surface area (Å²) in [6.45, 7) is 0.901. The highest BCUT2D eigenvalue weighted by molar-refractivity contribution is 5.91. The standard InChI is InChI=1S/C15H22N4O2.2ClH/c16-9-11-3-1-5-13(11)15(21)18-8-6-14(20)19-12-4-2-7-17-10-12;;/h2,4,7,10-11,13H,1,3,5-6,8-9,16H2,(H,18,21)(H,19,20);2*1H/t11-,13-;;/m1../s1. The molecule has 1 saturated carbocycles. The molecular weight excluding hydrogens is 339 g/mol. The first-order chi connectivity index (χ1) is 10.2. The lowest BCUT2D eigenvalue weighted by atomic mass is 9.95. The number of anilines is 1. The Kier molecular flexibility index (Phi) is 10.5. The summed E-state index contributed by atoms with van der Waals surface area (Å²) >= 11 is 0. The normalized spacial score (nSPS) is 19.2. The molecule has 1 aromatic heterocycles. The van der Waals surface area contributed by atoms with Gasteiger partial charge in [0.1, 0.15) is 0 Å². The molecule has 2 amide bonds. The van der Waals surface area contributed by atoms with Gasteiger partial charge in [-0.2, -0.15) is 0 Å². The van der Waals surface area contributed by atoms with Gasteiger partial charge in [0, 0.05) is 25.1 Å². The van der Waals surface area contributed by atoms with Crippen molar-refractivity contribution >= 4 is 42.3 Å². The summed E-state index contributed by atoms with van der Waals surface area (Å²) in [5.74, 6) is 0.188. The van der Waals surface area contributed by atoms with Crippen molar-refractivity contribution in [1.82, 2.24) is 10.3 Å². The van der Waals surface area contributed by atoms with Crippen molar-refractivity contribution in [3.8, 4) is 0 Å². The molecule has 0 aliphatic heterocycles. The fourth-order valence-corrected chi connectivity index (χ4v) is 2.75. The number of carbonyl (C=O) groups is 2. The number of halogens is 2. The average molecular weight is 363 g/mol. The minimum Gasteiger partial charge on any atom is -0.355 e. The molecule has 130 valence electrons. The topological polar surface area (TPSA) is 97.1 Å². The molecule has 4 N–H and O–H groups in total. The van der Waals surface area contributed by atoms with Crippen molar-refractivity contribution in [2.45, 2.75) is 25.7 Å². The Bertz CT molecular complexity index is 488. The third-order valence-corrected chi connectivity index (χ3v) is 3.90. The summed E-state index contributed by atoms with van der Waals surface area (Å²) in [6, 6.07) is 3.53. The van der Waals surface area contributed by atoms with Gasteiger partial charge < -0.3 is 16.4 Å². The molecule has 23 heavy (non-hydrogen) atoms. The van der Waals surface area contributed by atoms with E-state index in [0.717, 1.165) is 19.3 Å². The monoisotopic (exact) mass is 362 g/mol. The highest BCUT2D eigenvalue weighted by atomic mass is 35.5. The molecule has 1 heterocycles. The lowest BCUT2D eigenvalue weighted by molar-refractivity contribution is -0.126. The quantitative estimate of drug-likeness (QED) is 0.717. The largest absolute Gasteiger partial charge is 0.355 e. The molecule has 6 nitrogen and oxygen atoms in total. The Labute approximate surface area is 148 Å². The molecule has 2 atom stereocenters. The highest BCUT2D eigenvalue weighted by Gasteiger charge is 2.31. The van der Waals surface area contributed by atoms with Crippen LogP contribution < -0.4 is 16.4 Å². The number of pyridine rings is 1. The van der Waals surface area contributed by atoms with Crippen LogP contribution in [0, 0.1) is 11.8 Å². The van der Waals surface area contributed by atoms with Gasteiger partial charge in [0.2, 0.25) is 11.8 Å². The van der Waals surface area contributed by atoms with Crippen LogP contribution in [-0.4, -0.2) is 29.9 Å². The molecule has 1 aromatic rings. The minimum atomic E-state index is -0.134. The zero-order valence-electron chi connectivity index (χ0n) is 12.9.